The summed E-state index contributed by atoms with van der Waals surface area (Å²) in [7, 11) is -1.63. The molecule has 1 atom stereocenters. The summed E-state index contributed by atoms with van der Waals surface area (Å²) in [6.07, 6.45) is 0.380. The number of sulfone groups is 1. The molecular weight excluding hydrogens is 460 g/mol. The van der Waals surface area contributed by atoms with Crippen LogP contribution in [0.2, 0.25) is 0 Å². The summed E-state index contributed by atoms with van der Waals surface area (Å²) < 4.78 is 46.2. The van der Waals surface area contributed by atoms with Crippen molar-refractivity contribution in [1.82, 2.24) is 10.1 Å². The van der Waals surface area contributed by atoms with Crippen LogP contribution >= 0.6 is 0 Å². The third-order valence-electron chi connectivity index (χ3n) is 5.95. The van der Waals surface area contributed by atoms with Crippen molar-refractivity contribution < 1.29 is 31.9 Å². The van der Waals surface area contributed by atoms with E-state index in [1.807, 2.05) is 24.3 Å². The molecule has 5 rings (SSSR count). The molecule has 1 saturated heterocycles. The Hall–Kier alpha value is -3.53. The molecule has 2 aliphatic rings. The van der Waals surface area contributed by atoms with Gasteiger partial charge in [-0.3, -0.25) is 4.79 Å². The largest absolute Gasteiger partial charge is 0.497 e. The Kier molecular flexibility index (Phi) is 5.91. The van der Waals surface area contributed by atoms with Gasteiger partial charge in [-0.05, 0) is 42.3 Å². The zero-order valence-corrected chi connectivity index (χ0v) is 19.4. The normalized spacial score (nSPS) is 18.4. The van der Waals surface area contributed by atoms with Crippen LogP contribution in [0.3, 0.4) is 0 Å². The predicted octanol–water partition coefficient (Wildman–Crippen LogP) is 2.95. The first kappa shape index (κ1) is 22.3. The number of hydrogen-bond donors (Lipinski definition) is 0. The lowest BCUT2D eigenvalue weighted by atomic mass is 10.1. The van der Waals surface area contributed by atoms with E-state index >= 15 is 0 Å². The number of fused-ring (bicyclic) bond motifs is 1. The molecule has 2 aliphatic heterocycles. The van der Waals surface area contributed by atoms with E-state index in [0.717, 1.165) is 5.56 Å². The Labute approximate surface area is 197 Å². The minimum absolute atomic E-state index is 0.0564. The van der Waals surface area contributed by atoms with Gasteiger partial charge in [0.1, 0.15) is 19.0 Å². The third-order valence-corrected chi connectivity index (χ3v) is 7.70. The van der Waals surface area contributed by atoms with E-state index in [2.05, 4.69) is 5.16 Å². The molecule has 3 aromatic rings. The standard InChI is InChI=1S/C24H24N2O7S/c1-30-19-4-2-3-16(11-19)14-26(18-7-10-34(28,29)15-18)24(27)20-13-22(33-25-20)17-5-6-21-23(12-17)32-9-8-31-21/h2-6,11-13,18H,7-10,14-15H2,1H3. The number of nitrogens with zero attached hydrogens (tertiary/aromatic N) is 2. The third kappa shape index (κ3) is 4.58. The van der Waals surface area contributed by atoms with Gasteiger partial charge < -0.3 is 23.6 Å². The highest BCUT2D eigenvalue weighted by molar-refractivity contribution is 7.91. The van der Waals surface area contributed by atoms with Crippen LogP contribution in [0.25, 0.3) is 11.3 Å². The van der Waals surface area contributed by atoms with Gasteiger partial charge in [-0.25, -0.2) is 8.42 Å². The van der Waals surface area contributed by atoms with Crippen LogP contribution in [0.15, 0.2) is 53.1 Å². The van der Waals surface area contributed by atoms with E-state index in [1.54, 1.807) is 36.3 Å². The van der Waals surface area contributed by atoms with Crippen LogP contribution in [-0.2, 0) is 16.4 Å². The lowest BCUT2D eigenvalue weighted by molar-refractivity contribution is 0.0670. The summed E-state index contributed by atoms with van der Waals surface area (Å²) in [5.74, 6) is 1.90. The monoisotopic (exact) mass is 484 g/mol. The molecule has 1 unspecified atom stereocenters. The summed E-state index contributed by atoms with van der Waals surface area (Å²) in [6.45, 7) is 1.18. The van der Waals surface area contributed by atoms with Crippen LogP contribution in [0.4, 0.5) is 0 Å². The Balaban J connectivity index is 1.42. The van der Waals surface area contributed by atoms with Crippen LogP contribution in [0.1, 0.15) is 22.5 Å². The molecule has 2 aromatic carbocycles. The number of hydrogen-bond acceptors (Lipinski definition) is 8. The summed E-state index contributed by atoms with van der Waals surface area (Å²) in [5, 5.41) is 4.00. The molecule has 0 spiro atoms. The van der Waals surface area contributed by atoms with Crippen LogP contribution in [0.5, 0.6) is 17.2 Å². The zero-order chi connectivity index (χ0) is 23.7. The Bertz CT molecular complexity index is 1320. The van der Waals surface area contributed by atoms with Gasteiger partial charge in [0.2, 0.25) is 0 Å². The number of carbonyl (C=O) groups is 1. The van der Waals surface area contributed by atoms with Gasteiger partial charge in [-0.1, -0.05) is 17.3 Å². The second-order valence-corrected chi connectivity index (χ2v) is 10.5. The van der Waals surface area contributed by atoms with E-state index in [1.165, 1.54) is 0 Å². The molecule has 10 heteroatoms. The number of rotatable bonds is 6. The second kappa shape index (κ2) is 9.02. The molecule has 178 valence electrons. The number of ether oxygens (including phenoxy) is 3. The van der Waals surface area contributed by atoms with Gasteiger partial charge in [0.25, 0.3) is 5.91 Å². The van der Waals surface area contributed by atoms with Gasteiger partial charge in [-0.15, -0.1) is 0 Å². The van der Waals surface area contributed by atoms with Crippen molar-refractivity contribution in [2.45, 2.75) is 19.0 Å². The first-order chi connectivity index (χ1) is 16.4. The average molecular weight is 485 g/mol. The van der Waals surface area contributed by atoms with Crippen LogP contribution < -0.4 is 14.2 Å². The first-order valence-electron chi connectivity index (χ1n) is 10.9. The molecule has 0 aliphatic carbocycles. The number of methoxy groups -OCH3 is 1. The minimum Gasteiger partial charge on any atom is -0.497 e. The van der Waals surface area contributed by atoms with Gasteiger partial charge in [0.05, 0.1) is 18.6 Å². The fraction of sp³-hybridized carbons (Fsp3) is 0.333. The van der Waals surface area contributed by atoms with E-state index in [-0.39, 0.29) is 23.7 Å². The Morgan fingerprint density at radius 1 is 1.12 bits per heavy atom. The van der Waals surface area contributed by atoms with Crippen molar-refractivity contribution in [3.05, 3.63) is 59.8 Å². The number of carbonyl (C=O) groups excluding carboxylic acids is 1. The maximum absolute atomic E-state index is 13.5. The lowest BCUT2D eigenvalue weighted by Crippen LogP contribution is -2.40. The maximum atomic E-state index is 13.5. The molecular formula is C24H24N2O7S. The topological polar surface area (TPSA) is 108 Å². The van der Waals surface area contributed by atoms with Crippen molar-refractivity contribution >= 4 is 15.7 Å². The van der Waals surface area contributed by atoms with Gasteiger partial charge in [-0.2, -0.15) is 0 Å². The van der Waals surface area contributed by atoms with Crippen molar-refractivity contribution in [3.63, 3.8) is 0 Å². The van der Waals surface area contributed by atoms with Gasteiger partial charge in [0, 0.05) is 24.2 Å². The highest BCUT2D eigenvalue weighted by Gasteiger charge is 2.36. The summed E-state index contributed by atoms with van der Waals surface area (Å²) in [5.41, 5.74) is 1.63. The van der Waals surface area contributed by atoms with Crippen molar-refractivity contribution in [1.29, 1.82) is 0 Å². The van der Waals surface area contributed by atoms with Crippen molar-refractivity contribution in [2.75, 3.05) is 31.8 Å². The molecule has 1 aromatic heterocycles. The molecule has 3 heterocycles. The highest BCUT2D eigenvalue weighted by Crippen LogP contribution is 2.35. The molecule has 1 amide bonds. The molecule has 0 bridgehead atoms. The summed E-state index contributed by atoms with van der Waals surface area (Å²) >= 11 is 0. The van der Waals surface area contributed by atoms with Crippen molar-refractivity contribution in [2.24, 2.45) is 0 Å². The molecule has 1 fully saturated rings. The Morgan fingerprint density at radius 3 is 2.71 bits per heavy atom. The van der Waals surface area contributed by atoms with E-state index in [4.69, 9.17) is 18.7 Å². The number of benzene rings is 2. The summed E-state index contributed by atoms with van der Waals surface area (Å²) in [6, 6.07) is 13.8. The van der Waals surface area contributed by atoms with E-state index in [9.17, 15) is 13.2 Å². The highest BCUT2D eigenvalue weighted by atomic mass is 32.2. The quantitative estimate of drug-likeness (QED) is 0.526. The lowest BCUT2D eigenvalue weighted by Gasteiger charge is -2.27. The zero-order valence-electron chi connectivity index (χ0n) is 18.6. The first-order valence-corrected chi connectivity index (χ1v) is 12.7. The van der Waals surface area contributed by atoms with E-state index < -0.39 is 21.8 Å². The average Bonchev–Trinajstić information content (AvgIpc) is 3.48. The fourth-order valence-electron chi connectivity index (χ4n) is 4.21. The van der Waals surface area contributed by atoms with Gasteiger partial charge in [0.15, 0.2) is 32.8 Å². The predicted molar refractivity (Wildman–Crippen MR) is 123 cm³/mol. The SMILES string of the molecule is COc1cccc(CN(C(=O)c2cc(-c3ccc4c(c3)OCCO4)on2)C2CCS(=O)(=O)C2)c1. The Morgan fingerprint density at radius 2 is 1.94 bits per heavy atom. The molecule has 9 nitrogen and oxygen atoms in total. The number of aromatic nitrogens is 1. The summed E-state index contributed by atoms with van der Waals surface area (Å²) in [4.78, 5) is 15.1. The molecule has 0 radical (unpaired) electrons. The maximum Gasteiger partial charge on any atom is 0.276 e. The minimum atomic E-state index is -3.20. The van der Waals surface area contributed by atoms with Gasteiger partial charge >= 0.3 is 0 Å². The van der Waals surface area contributed by atoms with E-state index in [0.29, 0.717) is 48.2 Å². The molecule has 0 saturated carbocycles. The van der Waals surface area contributed by atoms with Crippen molar-refractivity contribution in [3.8, 4) is 28.6 Å². The molecule has 0 N–H and O–H groups in total. The van der Waals surface area contributed by atoms with Crippen LogP contribution in [0, 0.1) is 0 Å². The smallest absolute Gasteiger partial charge is 0.276 e. The second-order valence-electron chi connectivity index (χ2n) is 8.28. The molecule has 34 heavy (non-hydrogen) atoms. The fourth-order valence-corrected chi connectivity index (χ4v) is 5.94. The number of amides is 1. The van der Waals surface area contributed by atoms with Crippen LogP contribution in [-0.4, -0.2) is 62.3 Å².